The van der Waals surface area contributed by atoms with Crippen molar-refractivity contribution < 1.29 is 0 Å². The predicted molar refractivity (Wildman–Crippen MR) is 56.2 cm³/mol. The zero-order chi connectivity index (χ0) is 9.31. The van der Waals surface area contributed by atoms with Crippen molar-refractivity contribution in [1.29, 1.82) is 0 Å². The molecule has 1 fully saturated rings. The van der Waals surface area contributed by atoms with Gasteiger partial charge < -0.3 is 5.73 Å². The number of nitrogens with two attached hydrogens (primary N) is 1. The molecule has 1 aromatic carbocycles. The Morgan fingerprint density at radius 3 is 2.46 bits per heavy atom. The van der Waals surface area contributed by atoms with Gasteiger partial charge in [0.25, 0.3) is 0 Å². The Morgan fingerprint density at radius 1 is 1.31 bits per heavy atom. The van der Waals surface area contributed by atoms with Gasteiger partial charge in [-0.25, -0.2) is 0 Å². The van der Waals surface area contributed by atoms with Crippen LogP contribution in [0.15, 0.2) is 35.9 Å². The summed E-state index contributed by atoms with van der Waals surface area (Å²) in [6.07, 6.45) is 4.47. The molecular weight excluding hydrogens is 158 g/mol. The first-order chi connectivity index (χ1) is 6.21. The number of benzene rings is 1. The van der Waals surface area contributed by atoms with Crippen molar-refractivity contribution in [3.63, 3.8) is 0 Å². The van der Waals surface area contributed by atoms with E-state index in [1.54, 1.807) is 0 Å². The van der Waals surface area contributed by atoms with E-state index in [1.807, 2.05) is 6.07 Å². The highest BCUT2D eigenvalue weighted by Gasteiger charge is 2.39. The maximum absolute atomic E-state index is 6.07. The van der Waals surface area contributed by atoms with E-state index >= 15 is 0 Å². The first-order valence-electron chi connectivity index (χ1n) is 4.73. The van der Waals surface area contributed by atoms with E-state index in [2.05, 4.69) is 37.3 Å². The molecule has 2 N–H and O–H groups in total. The highest BCUT2D eigenvalue weighted by molar-refractivity contribution is 5.56. The summed E-state index contributed by atoms with van der Waals surface area (Å²) < 4.78 is 0. The lowest BCUT2D eigenvalue weighted by molar-refractivity contribution is 0.800. The van der Waals surface area contributed by atoms with Crippen molar-refractivity contribution in [1.82, 2.24) is 0 Å². The molecule has 1 heteroatoms. The van der Waals surface area contributed by atoms with Gasteiger partial charge >= 0.3 is 0 Å². The van der Waals surface area contributed by atoms with Crippen molar-refractivity contribution in [2.24, 2.45) is 5.73 Å². The molecule has 1 aliphatic rings. The maximum Gasteiger partial charge on any atom is 0.0370 e. The second kappa shape index (κ2) is 3.00. The van der Waals surface area contributed by atoms with Crippen LogP contribution in [0.2, 0.25) is 0 Å². The van der Waals surface area contributed by atoms with Gasteiger partial charge in [-0.15, -0.1) is 0 Å². The van der Waals surface area contributed by atoms with E-state index in [9.17, 15) is 0 Å². The molecular formula is C12H15N. The van der Waals surface area contributed by atoms with Crippen LogP contribution in [-0.2, 0) is 0 Å². The van der Waals surface area contributed by atoms with Crippen LogP contribution in [0.4, 0.5) is 0 Å². The van der Waals surface area contributed by atoms with E-state index in [0.29, 0.717) is 0 Å². The monoisotopic (exact) mass is 173 g/mol. The van der Waals surface area contributed by atoms with E-state index in [4.69, 9.17) is 5.73 Å². The van der Waals surface area contributed by atoms with Gasteiger partial charge in [0, 0.05) is 5.54 Å². The van der Waals surface area contributed by atoms with Crippen LogP contribution >= 0.6 is 0 Å². The fourth-order valence-corrected chi connectivity index (χ4v) is 1.47. The zero-order valence-electron chi connectivity index (χ0n) is 7.96. The Bertz CT molecular complexity index is 320. The normalized spacial score (nSPS) is 20.0. The fraction of sp³-hybridized carbons (Fsp3) is 0.333. The number of rotatable bonds is 2. The van der Waals surface area contributed by atoms with E-state index < -0.39 is 0 Å². The van der Waals surface area contributed by atoms with Gasteiger partial charge in [0.2, 0.25) is 0 Å². The Morgan fingerprint density at radius 2 is 1.92 bits per heavy atom. The van der Waals surface area contributed by atoms with Crippen molar-refractivity contribution in [3.05, 3.63) is 41.5 Å². The van der Waals surface area contributed by atoms with E-state index in [1.165, 1.54) is 11.1 Å². The van der Waals surface area contributed by atoms with Gasteiger partial charge in [0.05, 0.1) is 0 Å². The SMILES string of the molecule is C/C(=C\c1ccccc1)C1(N)CC1. The molecule has 0 amide bonds. The van der Waals surface area contributed by atoms with Crippen molar-refractivity contribution in [2.45, 2.75) is 25.3 Å². The molecule has 1 aliphatic carbocycles. The average Bonchev–Trinajstić information content (AvgIpc) is 2.87. The zero-order valence-corrected chi connectivity index (χ0v) is 7.96. The van der Waals surface area contributed by atoms with Gasteiger partial charge in [-0.3, -0.25) is 0 Å². The third-order valence-electron chi connectivity index (χ3n) is 2.76. The van der Waals surface area contributed by atoms with E-state index in [-0.39, 0.29) is 5.54 Å². The number of hydrogen-bond donors (Lipinski definition) is 1. The first-order valence-corrected chi connectivity index (χ1v) is 4.73. The Hall–Kier alpha value is -1.08. The quantitative estimate of drug-likeness (QED) is 0.731. The Labute approximate surface area is 79.3 Å². The molecule has 13 heavy (non-hydrogen) atoms. The lowest BCUT2D eigenvalue weighted by atomic mass is 10.0. The van der Waals surface area contributed by atoms with Crippen molar-refractivity contribution in [2.75, 3.05) is 0 Å². The summed E-state index contributed by atoms with van der Waals surface area (Å²) in [6.45, 7) is 2.12. The molecule has 0 bridgehead atoms. The van der Waals surface area contributed by atoms with Crippen LogP contribution in [0.5, 0.6) is 0 Å². The summed E-state index contributed by atoms with van der Waals surface area (Å²) in [6, 6.07) is 10.3. The van der Waals surface area contributed by atoms with Crippen LogP contribution in [-0.4, -0.2) is 5.54 Å². The fourth-order valence-electron chi connectivity index (χ4n) is 1.47. The molecule has 68 valence electrons. The topological polar surface area (TPSA) is 26.0 Å². The Kier molecular flexibility index (Phi) is 1.97. The minimum Gasteiger partial charge on any atom is -0.322 e. The second-order valence-electron chi connectivity index (χ2n) is 3.89. The van der Waals surface area contributed by atoms with Crippen LogP contribution < -0.4 is 5.73 Å². The lowest BCUT2D eigenvalue weighted by Gasteiger charge is -2.08. The molecule has 1 saturated carbocycles. The minimum absolute atomic E-state index is 0.0237. The molecule has 0 aromatic heterocycles. The summed E-state index contributed by atoms with van der Waals surface area (Å²) in [7, 11) is 0. The van der Waals surface area contributed by atoms with Crippen molar-refractivity contribution in [3.8, 4) is 0 Å². The molecule has 0 spiro atoms. The summed E-state index contributed by atoms with van der Waals surface area (Å²) in [5.41, 5.74) is 8.64. The third kappa shape index (κ3) is 1.81. The largest absolute Gasteiger partial charge is 0.322 e. The minimum atomic E-state index is 0.0237. The van der Waals surface area contributed by atoms with Gasteiger partial charge in [0.1, 0.15) is 0 Å². The second-order valence-corrected chi connectivity index (χ2v) is 3.89. The number of hydrogen-bond acceptors (Lipinski definition) is 1. The molecule has 1 aromatic rings. The molecule has 0 radical (unpaired) electrons. The third-order valence-corrected chi connectivity index (χ3v) is 2.76. The highest BCUT2D eigenvalue weighted by atomic mass is 14.8. The van der Waals surface area contributed by atoms with Crippen molar-refractivity contribution >= 4 is 6.08 Å². The molecule has 1 nitrogen and oxygen atoms in total. The summed E-state index contributed by atoms with van der Waals surface area (Å²) >= 11 is 0. The molecule has 0 aliphatic heterocycles. The molecule has 0 atom stereocenters. The first kappa shape index (κ1) is 8.52. The van der Waals surface area contributed by atoms with Crippen LogP contribution in [0.25, 0.3) is 6.08 Å². The van der Waals surface area contributed by atoms with Crippen LogP contribution in [0.1, 0.15) is 25.3 Å². The van der Waals surface area contributed by atoms with Gasteiger partial charge in [-0.1, -0.05) is 42.0 Å². The smallest absolute Gasteiger partial charge is 0.0370 e. The summed E-state index contributed by atoms with van der Waals surface area (Å²) in [4.78, 5) is 0. The maximum atomic E-state index is 6.07. The van der Waals surface area contributed by atoms with E-state index in [0.717, 1.165) is 12.8 Å². The lowest BCUT2D eigenvalue weighted by Crippen LogP contribution is -2.22. The average molecular weight is 173 g/mol. The summed E-state index contributed by atoms with van der Waals surface area (Å²) in [5, 5.41) is 0. The van der Waals surface area contributed by atoms with Crippen LogP contribution in [0, 0.1) is 0 Å². The molecule has 0 saturated heterocycles. The van der Waals surface area contributed by atoms with Gasteiger partial charge in [-0.05, 0) is 25.3 Å². The molecule has 0 heterocycles. The molecule has 0 unspecified atom stereocenters. The van der Waals surface area contributed by atoms with Gasteiger partial charge in [-0.2, -0.15) is 0 Å². The predicted octanol–water partition coefficient (Wildman–Crippen LogP) is 2.58. The van der Waals surface area contributed by atoms with Crippen LogP contribution in [0.3, 0.4) is 0 Å². The summed E-state index contributed by atoms with van der Waals surface area (Å²) in [5.74, 6) is 0. The Balaban J connectivity index is 2.21. The standard InChI is InChI=1S/C12H15N/c1-10(12(13)7-8-12)9-11-5-3-2-4-6-11/h2-6,9H,7-8,13H2,1H3/b10-9+. The van der Waals surface area contributed by atoms with Gasteiger partial charge in [0.15, 0.2) is 0 Å². The molecule has 2 rings (SSSR count). The highest BCUT2D eigenvalue weighted by Crippen LogP contribution is 2.39.